The number of hydrogen-bond acceptors (Lipinski definition) is 5. The largest absolute Gasteiger partial charge is 0.477 e. The van der Waals surface area contributed by atoms with Gasteiger partial charge in [0.25, 0.3) is 5.91 Å². The highest BCUT2D eigenvalue weighted by Gasteiger charge is 2.17. The first kappa shape index (κ1) is 17.1. The van der Waals surface area contributed by atoms with Gasteiger partial charge in [0.15, 0.2) is 12.4 Å². The van der Waals surface area contributed by atoms with Crippen LogP contribution < -0.4 is 10.1 Å². The van der Waals surface area contributed by atoms with Gasteiger partial charge in [-0.05, 0) is 36.8 Å². The van der Waals surface area contributed by atoms with E-state index < -0.39 is 28.9 Å². The third-order valence-electron chi connectivity index (χ3n) is 3.13. The number of benzene rings is 2. The van der Waals surface area contributed by atoms with Crippen molar-refractivity contribution < 1.29 is 23.6 Å². The van der Waals surface area contributed by atoms with Gasteiger partial charge in [0.1, 0.15) is 12.1 Å². The van der Waals surface area contributed by atoms with E-state index in [1.807, 2.05) is 0 Å². The fourth-order valence-corrected chi connectivity index (χ4v) is 1.88. The van der Waals surface area contributed by atoms with Crippen molar-refractivity contribution >= 4 is 23.6 Å². The summed E-state index contributed by atoms with van der Waals surface area (Å²) in [4.78, 5) is 32.7. The molecular formula is C16H13FN2O5. The lowest BCUT2D eigenvalue weighted by molar-refractivity contribution is -0.385. The lowest BCUT2D eigenvalue weighted by atomic mass is 10.2. The van der Waals surface area contributed by atoms with Gasteiger partial charge in [-0.25, -0.2) is 4.39 Å². The van der Waals surface area contributed by atoms with Gasteiger partial charge in [-0.15, -0.1) is 0 Å². The Labute approximate surface area is 136 Å². The molecule has 0 saturated heterocycles. The molecule has 0 saturated carbocycles. The number of aryl methyl sites for hydroxylation is 1. The number of nitro groups is 1. The number of halogens is 1. The number of hydrogen-bond donors (Lipinski definition) is 1. The van der Waals surface area contributed by atoms with E-state index in [2.05, 4.69) is 5.32 Å². The number of nitro benzene ring substituents is 1. The summed E-state index contributed by atoms with van der Waals surface area (Å²) in [5.41, 5.74) is 0.384. The van der Waals surface area contributed by atoms with Crippen LogP contribution in [0.1, 0.15) is 15.9 Å². The topological polar surface area (TPSA) is 98.5 Å². The molecule has 0 heterocycles. The quantitative estimate of drug-likeness (QED) is 0.498. The number of nitrogens with zero attached hydrogens (tertiary/aromatic N) is 1. The summed E-state index contributed by atoms with van der Waals surface area (Å²) >= 11 is 0. The molecule has 0 aromatic heterocycles. The standard InChI is InChI=1S/C16H13FN2O5/c1-10-2-4-12(7-13(10)17)18-16(21)9-24-15-5-3-11(8-20)6-14(15)19(22)23/h2-8H,9H2,1H3,(H,18,21). The number of rotatable bonds is 6. The lowest BCUT2D eigenvalue weighted by Gasteiger charge is -2.09. The maximum atomic E-state index is 13.4. The summed E-state index contributed by atoms with van der Waals surface area (Å²) in [5.74, 6) is -1.21. The molecule has 0 aliphatic heterocycles. The van der Waals surface area contributed by atoms with E-state index in [4.69, 9.17) is 4.74 Å². The second-order valence-corrected chi connectivity index (χ2v) is 4.90. The highest BCUT2D eigenvalue weighted by atomic mass is 19.1. The fraction of sp³-hybridized carbons (Fsp3) is 0.125. The number of carbonyl (C=O) groups excluding carboxylic acids is 2. The van der Waals surface area contributed by atoms with Crippen LogP contribution >= 0.6 is 0 Å². The van der Waals surface area contributed by atoms with E-state index in [1.165, 1.54) is 24.3 Å². The van der Waals surface area contributed by atoms with E-state index >= 15 is 0 Å². The number of carbonyl (C=O) groups is 2. The summed E-state index contributed by atoms with van der Waals surface area (Å²) in [6, 6.07) is 7.82. The van der Waals surface area contributed by atoms with Crippen molar-refractivity contribution in [2.45, 2.75) is 6.92 Å². The Morgan fingerprint density at radius 3 is 2.71 bits per heavy atom. The fourth-order valence-electron chi connectivity index (χ4n) is 1.88. The van der Waals surface area contributed by atoms with Gasteiger partial charge in [0.2, 0.25) is 0 Å². The molecule has 0 aliphatic carbocycles. The molecule has 2 aromatic rings. The first-order chi connectivity index (χ1) is 11.4. The van der Waals surface area contributed by atoms with Crippen LogP contribution in [0, 0.1) is 22.9 Å². The van der Waals surface area contributed by atoms with Gasteiger partial charge < -0.3 is 10.1 Å². The van der Waals surface area contributed by atoms with Crippen molar-refractivity contribution in [3.63, 3.8) is 0 Å². The van der Waals surface area contributed by atoms with Crippen LogP contribution in [0.5, 0.6) is 5.75 Å². The molecular weight excluding hydrogens is 319 g/mol. The third kappa shape index (κ3) is 4.13. The van der Waals surface area contributed by atoms with Crippen LogP contribution in [0.3, 0.4) is 0 Å². The maximum absolute atomic E-state index is 13.4. The van der Waals surface area contributed by atoms with Gasteiger partial charge in [-0.3, -0.25) is 19.7 Å². The smallest absolute Gasteiger partial charge is 0.311 e. The Morgan fingerprint density at radius 1 is 1.33 bits per heavy atom. The molecule has 124 valence electrons. The molecule has 24 heavy (non-hydrogen) atoms. The minimum atomic E-state index is -0.713. The normalized spacial score (nSPS) is 10.1. The second-order valence-electron chi connectivity index (χ2n) is 4.90. The molecule has 2 aromatic carbocycles. The Balaban J connectivity index is 2.04. The molecule has 0 spiro atoms. The molecule has 0 atom stereocenters. The Bertz CT molecular complexity index is 807. The summed E-state index contributed by atoms with van der Waals surface area (Å²) < 4.78 is 18.5. The Morgan fingerprint density at radius 2 is 2.08 bits per heavy atom. The van der Waals surface area contributed by atoms with Crippen molar-refractivity contribution in [1.29, 1.82) is 0 Å². The first-order valence-electron chi connectivity index (χ1n) is 6.83. The third-order valence-corrected chi connectivity index (χ3v) is 3.13. The molecule has 0 unspecified atom stereocenters. The van der Waals surface area contributed by atoms with Crippen molar-refractivity contribution in [2.24, 2.45) is 0 Å². The van der Waals surface area contributed by atoms with Gasteiger partial charge in [-0.2, -0.15) is 0 Å². The predicted octanol–water partition coefficient (Wildman–Crippen LogP) is 2.87. The number of anilines is 1. The summed E-state index contributed by atoms with van der Waals surface area (Å²) in [6.07, 6.45) is 0.468. The zero-order valence-electron chi connectivity index (χ0n) is 12.6. The molecule has 8 heteroatoms. The molecule has 0 fully saturated rings. The SMILES string of the molecule is Cc1ccc(NC(=O)COc2ccc(C=O)cc2[N+](=O)[O-])cc1F. The predicted molar refractivity (Wildman–Crippen MR) is 83.7 cm³/mol. The Kier molecular flexibility index (Phi) is 5.20. The summed E-state index contributed by atoms with van der Waals surface area (Å²) in [5, 5.41) is 13.4. The molecule has 2 rings (SSSR count). The van der Waals surface area contributed by atoms with Crippen LogP contribution in [0.15, 0.2) is 36.4 Å². The van der Waals surface area contributed by atoms with Gasteiger partial charge >= 0.3 is 5.69 Å². The molecule has 0 aliphatic rings. The molecule has 7 nitrogen and oxygen atoms in total. The summed E-state index contributed by atoms with van der Waals surface area (Å²) in [6.45, 7) is 1.09. The minimum Gasteiger partial charge on any atom is -0.477 e. The highest BCUT2D eigenvalue weighted by Crippen LogP contribution is 2.27. The van der Waals surface area contributed by atoms with Crippen LogP contribution in [0.25, 0.3) is 0 Å². The monoisotopic (exact) mass is 332 g/mol. The van der Waals surface area contributed by atoms with E-state index in [1.54, 1.807) is 6.92 Å². The zero-order chi connectivity index (χ0) is 17.7. The van der Waals surface area contributed by atoms with Gasteiger partial charge in [0, 0.05) is 17.3 Å². The van der Waals surface area contributed by atoms with E-state index in [-0.39, 0.29) is 17.0 Å². The lowest BCUT2D eigenvalue weighted by Crippen LogP contribution is -2.20. The van der Waals surface area contributed by atoms with Crippen LogP contribution in [0.4, 0.5) is 15.8 Å². The van der Waals surface area contributed by atoms with E-state index in [0.717, 1.165) is 12.1 Å². The number of aldehydes is 1. The number of ether oxygens (including phenoxy) is 1. The van der Waals surface area contributed by atoms with Crippen LogP contribution in [0.2, 0.25) is 0 Å². The average molecular weight is 332 g/mol. The van der Waals surface area contributed by atoms with E-state index in [9.17, 15) is 24.1 Å². The Hall–Kier alpha value is -3.29. The van der Waals surface area contributed by atoms with Crippen molar-refractivity contribution in [3.05, 3.63) is 63.5 Å². The van der Waals surface area contributed by atoms with Crippen molar-refractivity contribution in [1.82, 2.24) is 0 Å². The number of amides is 1. The second kappa shape index (κ2) is 7.32. The van der Waals surface area contributed by atoms with Gasteiger partial charge in [-0.1, -0.05) is 6.07 Å². The zero-order valence-corrected chi connectivity index (χ0v) is 12.6. The first-order valence-corrected chi connectivity index (χ1v) is 6.83. The van der Waals surface area contributed by atoms with Gasteiger partial charge in [0.05, 0.1) is 4.92 Å². The van der Waals surface area contributed by atoms with Crippen molar-refractivity contribution in [3.8, 4) is 5.75 Å². The maximum Gasteiger partial charge on any atom is 0.311 e. The minimum absolute atomic E-state index is 0.119. The molecule has 1 N–H and O–H groups in total. The summed E-state index contributed by atoms with van der Waals surface area (Å²) in [7, 11) is 0. The molecule has 1 amide bonds. The molecule has 0 bridgehead atoms. The van der Waals surface area contributed by atoms with Crippen LogP contribution in [-0.4, -0.2) is 23.7 Å². The average Bonchev–Trinajstić information content (AvgIpc) is 2.56. The number of nitrogens with one attached hydrogen (secondary N) is 1. The molecule has 0 radical (unpaired) electrons. The van der Waals surface area contributed by atoms with Crippen molar-refractivity contribution in [2.75, 3.05) is 11.9 Å². The van der Waals surface area contributed by atoms with E-state index in [0.29, 0.717) is 11.8 Å². The van der Waals surface area contributed by atoms with Crippen LogP contribution in [-0.2, 0) is 4.79 Å². The highest BCUT2D eigenvalue weighted by molar-refractivity contribution is 5.92.